The molecule has 0 aliphatic carbocycles. The zero-order valence-electron chi connectivity index (χ0n) is 17.3. The number of aromatic nitrogens is 1. The quantitative estimate of drug-likeness (QED) is 0.453. The van der Waals surface area contributed by atoms with Crippen LogP contribution in [0.2, 0.25) is 0 Å². The Bertz CT molecular complexity index is 882. The van der Waals surface area contributed by atoms with Crippen molar-refractivity contribution in [3.8, 4) is 5.75 Å². The van der Waals surface area contributed by atoms with Gasteiger partial charge in [-0.3, -0.25) is 4.90 Å². The van der Waals surface area contributed by atoms with E-state index >= 15 is 0 Å². The van der Waals surface area contributed by atoms with Gasteiger partial charge in [-0.1, -0.05) is 5.16 Å². The lowest BCUT2D eigenvalue weighted by Gasteiger charge is -2.35. The first-order valence-electron chi connectivity index (χ1n) is 9.63. The topological polar surface area (TPSA) is 87.5 Å². The van der Waals surface area contributed by atoms with Crippen molar-refractivity contribution in [1.82, 2.24) is 14.8 Å². The predicted molar refractivity (Wildman–Crippen MR) is 113 cm³/mol. The van der Waals surface area contributed by atoms with Gasteiger partial charge in [0.25, 0.3) is 0 Å². The van der Waals surface area contributed by atoms with Crippen molar-refractivity contribution in [2.24, 2.45) is 5.16 Å². The van der Waals surface area contributed by atoms with E-state index in [4.69, 9.17) is 9.47 Å². The smallest absolute Gasteiger partial charge is 0.410 e. The third kappa shape index (κ3) is 6.04. The number of carbonyl (C=O) groups excluding carboxylic acids is 1. The van der Waals surface area contributed by atoms with E-state index < -0.39 is 5.60 Å². The fraction of sp³-hybridized carbons (Fsp3) is 0.550. The molecule has 1 aromatic carbocycles. The Balaban J connectivity index is 1.47. The van der Waals surface area contributed by atoms with Gasteiger partial charge in [-0.25, -0.2) is 9.78 Å². The predicted octanol–water partition coefficient (Wildman–Crippen LogP) is 3.37. The molecule has 1 aliphatic heterocycles. The number of thiazole rings is 1. The van der Waals surface area contributed by atoms with Crippen LogP contribution in [0.3, 0.4) is 0 Å². The van der Waals surface area contributed by atoms with E-state index in [0.29, 0.717) is 44.2 Å². The standard InChI is InChI=1S/C20H28N4O4S/c1-14-21-17-11-16(5-6-18(17)29-14)27-13-15(22-26)12-23-7-9-24(10-8-23)19(25)28-20(2,3)4/h5-6,11,26H,7-10,12-13H2,1-4H3. The minimum absolute atomic E-state index is 0.192. The van der Waals surface area contributed by atoms with E-state index in [1.165, 1.54) is 0 Å². The summed E-state index contributed by atoms with van der Waals surface area (Å²) in [6, 6.07) is 5.78. The first kappa shape index (κ1) is 21.3. The van der Waals surface area contributed by atoms with E-state index in [9.17, 15) is 10.0 Å². The maximum absolute atomic E-state index is 12.1. The van der Waals surface area contributed by atoms with Crippen molar-refractivity contribution < 1.29 is 19.5 Å². The monoisotopic (exact) mass is 420 g/mol. The third-order valence-corrected chi connectivity index (χ3v) is 5.39. The lowest BCUT2D eigenvalue weighted by molar-refractivity contribution is 0.0156. The molecule has 1 aromatic heterocycles. The van der Waals surface area contributed by atoms with Crippen LogP contribution in [-0.4, -0.2) is 76.7 Å². The summed E-state index contributed by atoms with van der Waals surface area (Å²) in [5.41, 5.74) is 0.943. The van der Waals surface area contributed by atoms with Crippen LogP contribution in [-0.2, 0) is 4.74 Å². The third-order valence-electron chi connectivity index (χ3n) is 4.44. The number of oxime groups is 1. The lowest BCUT2D eigenvalue weighted by Crippen LogP contribution is -2.51. The second-order valence-corrected chi connectivity index (χ2v) is 9.30. The van der Waals surface area contributed by atoms with Gasteiger partial charge in [0.05, 0.1) is 15.2 Å². The van der Waals surface area contributed by atoms with Gasteiger partial charge >= 0.3 is 6.09 Å². The molecule has 2 heterocycles. The van der Waals surface area contributed by atoms with Crippen LogP contribution in [0.15, 0.2) is 23.4 Å². The van der Waals surface area contributed by atoms with Gasteiger partial charge in [-0.05, 0) is 39.8 Å². The first-order chi connectivity index (χ1) is 13.7. The molecule has 1 amide bonds. The van der Waals surface area contributed by atoms with Crippen molar-refractivity contribution in [3.63, 3.8) is 0 Å². The van der Waals surface area contributed by atoms with Gasteiger partial charge in [0.1, 0.15) is 23.7 Å². The minimum atomic E-state index is -0.497. The Kier molecular flexibility index (Phi) is 6.59. The number of amides is 1. The van der Waals surface area contributed by atoms with E-state index in [1.54, 1.807) is 16.2 Å². The summed E-state index contributed by atoms with van der Waals surface area (Å²) < 4.78 is 12.3. The SMILES string of the molecule is Cc1nc2cc(OCC(CN3CCN(C(=O)OC(C)(C)C)CC3)=NO)ccc2s1. The summed E-state index contributed by atoms with van der Waals surface area (Å²) in [6.45, 7) is 10.8. The molecule has 158 valence electrons. The molecule has 1 aliphatic rings. The normalized spacial score (nSPS) is 16.3. The molecule has 29 heavy (non-hydrogen) atoms. The van der Waals surface area contributed by atoms with Crippen LogP contribution in [0.5, 0.6) is 5.75 Å². The van der Waals surface area contributed by atoms with Crippen LogP contribution < -0.4 is 4.74 Å². The highest BCUT2D eigenvalue weighted by Gasteiger charge is 2.26. The summed E-state index contributed by atoms with van der Waals surface area (Å²) in [5.74, 6) is 0.693. The molecule has 2 aromatic rings. The number of fused-ring (bicyclic) bond motifs is 1. The number of aryl methyl sites for hydroxylation is 1. The molecule has 0 unspecified atom stereocenters. The van der Waals surface area contributed by atoms with Crippen LogP contribution in [0.1, 0.15) is 25.8 Å². The van der Waals surface area contributed by atoms with Crippen LogP contribution >= 0.6 is 11.3 Å². The largest absolute Gasteiger partial charge is 0.487 e. The molecule has 8 nitrogen and oxygen atoms in total. The molecular formula is C20H28N4O4S. The highest BCUT2D eigenvalue weighted by atomic mass is 32.1. The number of hydrogen-bond donors (Lipinski definition) is 1. The van der Waals surface area contributed by atoms with Gasteiger partial charge in [-0.2, -0.15) is 0 Å². The minimum Gasteiger partial charge on any atom is -0.487 e. The number of hydrogen-bond acceptors (Lipinski definition) is 8. The van der Waals surface area contributed by atoms with Crippen LogP contribution in [0.4, 0.5) is 4.79 Å². The second-order valence-electron chi connectivity index (χ2n) is 8.06. The Labute approximate surface area is 174 Å². The van der Waals surface area contributed by atoms with Crippen molar-refractivity contribution in [2.75, 3.05) is 39.3 Å². The van der Waals surface area contributed by atoms with Crippen molar-refractivity contribution >= 4 is 33.4 Å². The Hall–Kier alpha value is -2.39. The van der Waals surface area contributed by atoms with Crippen molar-refractivity contribution in [1.29, 1.82) is 0 Å². The lowest BCUT2D eigenvalue weighted by atomic mass is 10.2. The second kappa shape index (κ2) is 8.96. The number of benzene rings is 1. The molecular weight excluding hydrogens is 392 g/mol. The van der Waals surface area contributed by atoms with E-state index in [-0.39, 0.29) is 12.7 Å². The fourth-order valence-corrected chi connectivity index (χ4v) is 3.87. The van der Waals surface area contributed by atoms with Crippen LogP contribution in [0, 0.1) is 6.92 Å². The van der Waals surface area contributed by atoms with Crippen molar-refractivity contribution in [3.05, 3.63) is 23.2 Å². The van der Waals surface area contributed by atoms with E-state index in [0.717, 1.165) is 15.2 Å². The van der Waals surface area contributed by atoms with Crippen molar-refractivity contribution in [2.45, 2.75) is 33.3 Å². The van der Waals surface area contributed by atoms with Gasteiger partial charge in [0.2, 0.25) is 0 Å². The maximum atomic E-state index is 12.1. The Morgan fingerprint density at radius 2 is 2.00 bits per heavy atom. The molecule has 1 N–H and O–H groups in total. The molecule has 1 saturated heterocycles. The highest BCUT2D eigenvalue weighted by molar-refractivity contribution is 7.18. The van der Waals surface area contributed by atoms with Gasteiger partial charge in [-0.15, -0.1) is 11.3 Å². The van der Waals surface area contributed by atoms with E-state index in [1.807, 2.05) is 45.9 Å². The summed E-state index contributed by atoms with van der Waals surface area (Å²) in [4.78, 5) is 20.5. The number of rotatable bonds is 5. The van der Waals surface area contributed by atoms with Gasteiger partial charge in [0.15, 0.2) is 0 Å². The van der Waals surface area contributed by atoms with E-state index in [2.05, 4.69) is 15.0 Å². The molecule has 0 spiro atoms. The van der Waals surface area contributed by atoms with Gasteiger partial charge < -0.3 is 19.6 Å². The maximum Gasteiger partial charge on any atom is 0.410 e. The summed E-state index contributed by atoms with van der Waals surface area (Å²) in [5, 5.41) is 13.8. The average Bonchev–Trinajstić information content (AvgIpc) is 3.03. The first-order valence-corrected chi connectivity index (χ1v) is 10.5. The summed E-state index contributed by atoms with van der Waals surface area (Å²) in [6.07, 6.45) is -0.288. The number of ether oxygens (including phenoxy) is 2. The zero-order chi connectivity index (χ0) is 21.0. The molecule has 0 bridgehead atoms. The Morgan fingerprint density at radius 1 is 1.28 bits per heavy atom. The fourth-order valence-electron chi connectivity index (χ4n) is 3.06. The van der Waals surface area contributed by atoms with Crippen LogP contribution in [0.25, 0.3) is 10.2 Å². The Morgan fingerprint density at radius 3 is 2.66 bits per heavy atom. The molecule has 0 radical (unpaired) electrons. The summed E-state index contributed by atoms with van der Waals surface area (Å²) >= 11 is 1.64. The number of nitrogens with zero attached hydrogens (tertiary/aromatic N) is 4. The zero-order valence-corrected chi connectivity index (χ0v) is 18.2. The van der Waals surface area contributed by atoms with Gasteiger partial charge in [0, 0.05) is 38.8 Å². The average molecular weight is 421 g/mol. The molecule has 0 saturated carbocycles. The number of piperazine rings is 1. The summed E-state index contributed by atoms with van der Waals surface area (Å²) in [7, 11) is 0. The molecule has 9 heteroatoms. The molecule has 3 rings (SSSR count). The number of carbonyl (C=O) groups is 1. The highest BCUT2D eigenvalue weighted by Crippen LogP contribution is 2.25. The molecule has 0 atom stereocenters. The molecule has 1 fully saturated rings.